The molecular weight excluding hydrogens is 270 g/mol. The van der Waals surface area contributed by atoms with Crippen molar-refractivity contribution in [2.24, 2.45) is 0 Å². The Morgan fingerprint density at radius 1 is 1.26 bits per heavy atom. The molecule has 0 heterocycles. The van der Waals surface area contributed by atoms with E-state index in [-0.39, 0.29) is 19.8 Å². The van der Waals surface area contributed by atoms with Crippen LogP contribution in [0.4, 0.5) is 0 Å². The number of hydrogen-bond acceptors (Lipinski definition) is 5. The van der Waals surface area contributed by atoms with Crippen LogP contribution in [0.1, 0.15) is 18.1 Å². The van der Waals surface area contributed by atoms with Gasteiger partial charge in [0.25, 0.3) is 0 Å². The van der Waals surface area contributed by atoms with E-state index >= 15 is 0 Å². The molecule has 2 N–H and O–H groups in total. The van der Waals surface area contributed by atoms with Crippen molar-refractivity contribution in [2.75, 3.05) is 12.4 Å². The molecule has 1 aromatic rings. The minimum atomic E-state index is -3.69. The minimum absolute atomic E-state index is 0.0606. The fourth-order valence-electron chi connectivity index (χ4n) is 1.36. The molecule has 1 rings (SSSR count). The zero-order chi connectivity index (χ0) is 14.3. The van der Waals surface area contributed by atoms with Crippen molar-refractivity contribution in [3.63, 3.8) is 0 Å². The molecule has 0 aromatic heterocycles. The Bertz CT molecular complexity index is 509. The van der Waals surface area contributed by atoms with Crippen molar-refractivity contribution in [3.05, 3.63) is 35.4 Å². The van der Waals surface area contributed by atoms with Gasteiger partial charge in [-0.05, 0) is 18.1 Å². The van der Waals surface area contributed by atoms with E-state index in [1.54, 1.807) is 31.2 Å². The van der Waals surface area contributed by atoms with Crippen LogP contribution < -0.4 is 4.72 Å². The number of rotatable bonds is 7. The summed E-state index contributed by atoms with van der Waals surface area (Å²) in [5.74, 6) is -1.46. The quantitative estimate of drug-likeness (QED) is 0.697. The number of ether oxygens (including phenoxy) is 1. The molecule has 1 aromatic carbocycles. The third-order valence-corrected chi connectivity index (χ3v) is 3.51. The molecule has 0 aliphatic rings. The van der Waals surface area contributed by atoms with Crippen LogP contribution in [0.25, 0.3) is 0 Å². The average molecular weight is 287 g/mol. The summed E-state index contributed by atoms with van der Waals surface area (Å²) >= 11 is 0. The summed E-state index contributed by atoms with van der Waals surface area (Å²) in [6.07, 6.45) is 0. The van der Waals surface area contributed by atoms with Gasteiger partial charge in [-0.2, -0.15) is 0 Å². The van der Waals surface area contributed by atoms with Crippen molar-refractivity contribution < 1.29 is 23.1 Å². The van der Waals surface area contributed by atoms with E-state index in [1.165, 1.54) is 0 Å². The van der Waals surface area contributed by atoms with Crippen LogP contribution in [0, 0.1) is 0 Å². The van der Waals surface area contributed by atoms with Gasteiger partial charge < -0.3 is 9.84 Å². The first-order chi connectivity index (χ1) is 8.96. The molecule has 106 valence electrons. The average Bonchev–Trinajstić information content (AvgIpc) is 2.37. The second-order valence-electron chi connectivity index (χ2n) is 3.86. The summed E-state index contributed by atoms with van der Waals surface area (Å²) < 4.78 is 30.0. The highest BCUT2D eigenvalue weighted by Crippen LogP contribution is 2.04. The first kappa shape index (κ1) is 15.6. The summed E-state index contributed by atoms with van der Waals surface area (Å²) in [6, 6.07) is 6.82. The maximum Gasteiger partial charge on any atom is 0.322 e. The predicted molar refractivity (Wildman–Crippen MR) is 69.6 cm³/mol. The van der Waals surface area contributed by atoms with Gasteiger partial charge in [-0.1, -0.05) is 24.3 Å². The van der Waals surface area contributed by atoms with Crippen LogP contribution in [0.3, 0.4) is 0 Å². The molecule has 0 aliphatic heterocycles. The van der Waals surface area contributed by atoms with E-state index in [4.69, 9.17) is 5.11 Å². The predicted octanol–water partition coefficient (Wildman–Crippen LogP) is 0.161. The third kappa shape index (κ3) is 5.82. The number of hydrogen-bond donors (Lipinski definition) is 2. The van der Waals surface area contributed by atoms with Gasteiger partial charge >= 0.3 is 5.97 Å². The molecule has 0 atom stereocenters. The lowest BCUT2D eigenvalue weighted by Gasteiger charge is -2.07. The summed E-state index contributed by atoms with van der Waals surface area (Å²) in [6.45, 7) is 1.79. The van der Waals surface area contributed by atoms with Gasteiger partial charge in [-0.3, -0.25) is 4.79 Å². The van der Waals surface area contributed by atoms with Gasteiger partial charge in [0.2, 0.25) is 10.0 Å². The number of aliphatic hydroxyl groups is 1. The largest absolute Gasteiger partial charge is 0.465 e. The molecule has 6 nitrogen and oxygen atoms in total. The maximum absolute atomic E-state index is 11.6. The van der Waals surface area contributed by atoms with Gasteiger partial charge in [-0.15, -0.1) is 0 Å². The molecule has 7 heteroatoms. The summed E-state index contributed by atoms with van der Waals surface area (Å²) in [4.78, 5) is 11.1. The third-order valence-electron chi connectivity index (χ3n) is 2.31. The smallest absolute Gasteiger partial charge is 0.322 e. The molecule has 0 aliphatic carbocycles. The number of nitrogens with one attached hydrogen (secondary N) is 1. The number of benzene rings is 1. The first-order valence-electron chi connectivity index (χ1n) is 5.78. The Morgan fingerprint density at radius 3 is 2.37 bits per heavy atom. The number of carbonyl (C=O) groups excluding carboxylic acids is 1. The highest BCUT2D eigenvalue weighted by atomic mass is 32.2. The van der Waals surface area contributed by atoms with Crippen LogP contribution in [0.5, 0.6) is 0 Å². The maximum atomic E-state index is 11.6. The number of aliphatic hydroxyl groups excluding tert-OH is 1. The lowest BCUT2D eigenvalue weighted by atomic mass is 10.1. The summed E-state index contributed by atoms with van der Waals surface area (Å²) in [5, 5.41) is 8.87. The Balaban J connectivity index is 2.52. The standard InChI is InChI=1S/C12H17NO5S/c1-2-18-12(15)9-19(16,17)13-7-10-3-5-11(8-14)6-4-10/h3-6,13-14H,2,7-9H2,1H3. The van der Waals surface area contributed by atoms with Gasteiger partial charge in [-0.25, -0.2) is 13.1 Å². The van der Waals surface area contributed by atoms with Crippen LogP contribution in [0.15, 0.2) is 24.3 Å². The van der Waals surface area contributed by atoms with Gasteiger partial charge in [0.1, 0.15) is 0 Å². The number of sulfonamides is 1. The summed E-state index contributed by atoms with van der Waals surface area (Å²) in [5.41, 5.74) is 1.49. The highest BCUT2D eigenvalue weighted by Gasteiger charge is 2.16. The number of esters is 1. The van der Waals surface area contributed by atoms with Crippen molar-refractivity contribution in [1.82, 2.24) is 4.72 Å². The second kappa shape index (κ2) is 7.22. The Morgan fingerprint density at radius 2 is 1.84 bits per heavy atom. The van der Waals surface area contributed by atoms with Crippen LogP contribution in [-0.4, -0.2) is 31.9 Å². The van der Waals surface area contributed by atoms with E-state index in [0.717, 1.165) is 11.1 Å². The minimum Gasteiger partial charge on any atom is -0.465 e. The monoisotopic (exact) mass is 287 g/mol. The highest BCUT2D eigenvalue weighted by molar-refractivity contribution is 7.90. The van der Waals surface area contributed by atoms with Crippen LogP contribution >= 0.6 is 0 Å². The van der Waals surface area contributed by atoms with Crippen molar-refractivity contribution in [3.8, 4) is 0 Å². The first-order valence-corrected chi connectivity index (χ1v) is 7.43. The van der Waals surface area contributed by atoms with Gasteiger partial charge in [0.05, 0.1) is 13.2 Å². The van der Waals surface area contributed by atoms with E-state index < -0.39 is 21.7 Å². The SMILES string of the molecule is CCOC(=O)CS(=O)(=O)NCc1ccc(CO)cc1. The molecule has 0 saturated heterocycles. The van der Waals surface area contributed by atoms with Crippen LogP contribution in [-0.2, 0) is 32.7 Å². The molecule has 19 heavy (non-hydrogen) atoms. The van der Waals surface area contributed by atoms with Crippen molar-refractivity contribution in [1.29, 1.82) is 0 Å². The van der Waals surface area contributed by atoms with Gasteiger partial charge in [0, 0.05) is 6.54 Å². The van der Waals surface area contributed by atoms with Crippen LogP contribution in [0.2, 0.25) is 0 Å². The molecule has 0 bridgehead atoms. The fourth-order valence-corrected chi connectivity index (χ4v) is 2.25. The van der Waals surface area contributed by atoms with Crippen molar-refractivity contribution >= 4 is 16.0 Å². The Kier molecular flexibility index (Phi) is 5.94. The zero-order valence-electron chi connectivity index (χ0n) is 10.6. The van der Waals surface area contributed by atoms with E-state index in [1.807, 2.05) is 0 Å². The van der Waals surface area contributed by atoms with E-state index in [0.29, 0.717) is 0 Å². The molecule has 0 fully saturated rings. The van der Waals surface area contributed by atoms with Gasteiger partial charge in [0.15, 0.2) is 5.75 Å². The molecule has 0 spiro atoms. The molecule has 0 amide bonds. The lowest BCUT2D eigenvalue weighted by molar-refractivity contribution is -0.139. The van der Waals surface area contributed by atoms with Crippen molar-refractivity contribution in [2.45, 2.75) is 20.1 Å². The van der Waals surface area contributed by atoms with E-state index in [9.17, 15) is 13.2 Å². The molecule has 0 saturated carbocycles. The topological polar surface area (TPSA) is 92.7 Å². The number of carbonyl (C=O) groups is 1. The molecular formula is C12H17NO5S. The lowest BCUT2D eigenvalue weighted by Crippen LogP contribution is -2.30. The normalized spacial score (nSPS) is 11.3. The van der Waals surface area contributed by atoms with E-state index in [2.05, 4.69) is 9.46 Å². The Hall–Kier alpha value is -1.44. The zero-order valence-corrected chi connectivity index (χ0v) is 11.4. The molecule has 0 radical (unpaired) electrons. The summed E-state index contributed by atoms with van der Waals surface area (Å²) in [7, 11) is -3.69. The fraction of sp³-hybridized carbons (Fsp3) is 0.417. The molecule has 0 unspecified atom stereocenters. The second-order valence-corrected chi connectivity index (χ2v) is 5.67. The Labute approximate surface area is 112 Å².